The molecule has 96 valence electrons. The molecule has 3 aromatic rings. The van der Waals surface area contributed by atoms with Crippen molar-refractivity contribution in [3.05, 3.63) is 54.5 Å². The number of hydrogen-bond acceptors (Lipinski definition) is 4. The Labute approximate surface area is 116 Å². The molecular weight excluding hydrogens is 250 g/mol. The van der Waals surface area contributed by atoms with Crippen LogP contribution >= 0.6 is 0 Å². The smallest absolute Gasteiger partial charge is 0.137 e. The van der Waals surface area contributed by atoms with Gasteiger partial charge in [0.15, 0.2) is 0 Å². The van der Waals surface area contributed by atoms with E-state index in [0.29, 0.717) is 17.0 Å². The Hall–Kier alpha value is -2.93. The molecule has 0 fully saturated rings. The lowest BCUT2D eigenvalue weighted by Gasteiger charge is -2.11. The fraction of sp³-hybridized carbons (Fsp3) is 0.0625. The zero-order valence-corrected chi connectivity index (χ0v) is 10.9. The first-order valence-electron chi connectivity index (χ1n) is 6.11. The van der Waals surface area contributed by atoms with Crippen LogP contribution in [0.25, 0.3) is 22.0 Å². The first kappa shape index (κ1) is 12.1. The molecular formula is C16H11N3O. The summed E-state index contributed by atoms with van der Waals surface area (Å²) in [5, 5.41) is 11.2. The van der Waals surface area contributed by atoms with Gasteiger partial charge in [-0.15, -0.1) is 0 Å². The molecule has 3 rings (SSSR count). The molecule has 4 heteroatoms. The average Bonchev–Trinajstić information content (AvgIpc) is 2.53. The highest BCUT2D eigenvalue weighted by Crippen LogP contribution is 2.36. The number of hydrogen-bond donors (Lipinski definition) is 0. The van der Waals surface area contributed by atoms with E-state index in [1.807, 2.05) is 18.2 Å². The van der Waals surface area contributed by atoms with Crippen molar-refractivity contribution in [1.82, 2.24) is 9.97 Å². The van der Waals surface area contributed by atoms with E-state index in [1.54, 1.807) is 37.8 Å². The number of pyridine rings is 2. The summed E-state index contributed by atoms with van der Waals surface area (Å²) in [5.74, 6) is 0.686. The summed E-state index contributed by atoms with van der Waals surface area (Å²) in [5.41, 5.74) is 1.94. The predicted molar refractivity (Wildman–Crippen MR) is 76.2 cm³/mol. The fourth-order valence-corrected chi connectivity index (χ4v) is 2.25. The molecule has 2 aromatic heterocycles. The van der Waals surface area contributed by atoms with Crippen molar-refractivity contribution < 1.29 is 4.74 Å². The van der Waals surface area contributed by atoms with Crippen LogP contribution in [-0.4, -0.2) is 17.1 Å². The van der Waals surface area contributed by atoms with Crippen LogP contribution in [0.2, 0.25) is 0 Å². The lowest BCUT2D eigenvalue weighted by atomic mass is 10.0. The summed E-state index contributed by atoms with van der Waals surface area (Å²) in [6.07, 6.45) is 5.17. The Morgan fingerprint density at radius 2 is 2.05 bits per heavy atom. The van der Waals surface area contributed by atoms with Gasteiger partial charge >= 0.3 is 0 Å². The van der Waals surface area contributed by atoms with Gasteiger partial charge in [-0.2, -0.15) is 5.26 Å². The Bertz CT molecular complexity index is 821. The van der Waals surface area contributed by atoms with E-state index in [0.717, 1.165) is 16.3 Å². The summed E-state index contributed by atoms with van der Waals surface area (Å²) in [7, 11) is 1.61. The van der Waals surface area contributed by atoms with Gasteiger partial charge in [0.2, 0.25) is 0 Å². The van der Waals surface area contributed by atoms with Gasteiger partial charge in [0.25, 0.3) is 0 Å². The lowest BCUT2D eigenvalue weighted by Crippen LogP contribution is -1.94. The number of methoxy groups -OCH3 is 1. The molecule has 0 unspecified atom stereocenters. The average molecular weight is 261 g/mol. The summed E-state index contributed by atoms with van der Waals surface area (Å²) in [4.78, 5) is 8.45. The van der Waals surface area contributed by atoms with Crippen LogP contribution < -0.4 is 4.74 Å². The molecule has 0 radical (unpaired) electrons. The SMILES string of the molecule is COc1c(-c2ncccc2C#N)ccc2ccncc12. The maximum atomic E-state index is 9.21. The third-order valence-corrected chi connectivity index (χ3v) is 3.16. The van der Waals surface area contributed by atoms with Crippen molar-refractivity contribution in [2.75, 3.05) is 7.11 Å². The van der Waals surface area contributed by atoms with Crippen molar-refractivity contribution in [2.45, 2.75) is 0 Å². The van der Waals surface area contributed by atoms with E-state index in [4.69, 9.17) is 4.74 Å². The molecule has 0 aliphatic carbocycles. The lowest BCUT2D eigenvalue weighted by molar-refractivity contribution is 0.421. The Balaban J connectivity index is 2.35. The summed E-state index contributed by atoms with van der Waals surface area (Å²) < 4.78 is 5.52. The van der Waals surface area contributed by atoms with Crippen LogP contribution in [0, 0.1) is 11.3 Å². The van der Waals surface area contributed by atoms with Crippen LogP contribution in [0.1, 0.15) is 5.56 Å². The summed E-state index contributed by atoms with van der Waals surface area (Å²) in [6, 6.07) is 11.5. The predicted octanol–water partition coefficient (Wildman–Crippen LogP) is 3.18. The van der Waals surface area contributed by atoms with Crippen LogP contribution in [0.5, 0.6) is 5.75 Å². The molecule has 0 saturated carbocycles. The zero-order valence-electron chi connectivity index (χ0n) is 10.9. The number of fused-ring (bicyclic) bond motifs is 1. The minimum Gasteiger partial charge on any atom is -0.495 e. The zero-order chi connectivity index (χ0) is 13.9. The van der Waals surface area contributed by atoms with Gasteiger partial charge in [0.1, 0.15) is 11.8 Å². The number of nitrogens with zero attached hydrogens (tertiary/aromatic N) is 3. The van der Waals surface area contributed by atoms with Gasteiger partial charge in [-0.05, 0) is 29.7 Å². The maximum absolute atomic E-state index is 9.21. The summed E-state index contributed by atoms with van der Waals surface area (Å²) in [6.45, 7) is 0. The quantitative estimate of drug-likeness (QED) is 0.711. The second-order valence-electron chi connectivity index (χ2n) is 4.25. The third-order valence-electron chi connectivity index (χ3n) is 3.16. The third kappa shape index (κ3) is 1.86. The van der Waals surface area contributed by atoms with Gasteiger partial charge in [-0.3, -0.25) is 9.97 Å². The number of rotatable bonds is 2. The second kappa shape index (κ2) is 4.98. The molecule has 4 nitrogen and oxygen atoms in total. The van der Waals surface area contributed by atoms with Crippen molar-refractivity contribution >= 4 is 10.8 Å². The van der Waals surface area contributed by atoms with E-state index in [1.165, 1.54) is 0 Å². The second-order valence-corrected chi connectivity index (χ2v) is 4.25. The van der Waals surface area contributed by atoms with Gasteiger partial charge < -0.3 is 4.74 Å². The first-order valence-corrected chi connectivity index (χ1v) is 6.11. The molecule has 1 aromatic carbocycles. The number of nitriles is 1. The monoisotopic (exact) mass is 261 g/mol. The molecule has 2 heterocycles. The van der Waals surface area contributed by atoms with Crippen LogP contribution in [-0.2, 0) is 0 Å². The van der Waals surface area contributed by atoms with Crippen LogP contribution in [0.3, 0.4) is 0 Å². The Morgan fingerprint density at radius 3 is 2.85 bits per heavy atom. The van der Waals surface area contributed by atoms with Gasteiger partial charge in [-0.25, -0.2) is 0 Å². The Morgan fingerprint density at radius 1 is 1.15 bits per heavy atom. The maximum Gasteiger partial charge on any atom is 0.137 e. The first-order chi connectivity index (χ1) is 9.85. The summed E-state index contributed by atoms with van der Waals surface area (Å²) >= 11 is 0. The highest BCUT2D eigenvalue weighted by atomic mass is 16.5. The van der Waals surface area contributed by atoms with Gasteiger partial charge in [-0.1, -0.05) is 6.07 Å². The number of aromatic nitrogens is 2. The van der Waals surface area contributed by atoms with E-state index in [-0.39, 0.29) is 0 Å². The minimum atomic E-state index is 0.522. The molecule has 20 heavy (non-hydrogen) atoms. The van der Waals surface area contributed by atoms with Crippen molar-refractivity contribution in [2.24, 2.45) is 0 Å². The van der Waals surface area contributed by atoms with Crippen molar-refractivity contribution in [3.63, 3.8) is 0 Å². The van der Waals surface area contributed by atoms with Gasteiger partial charge in [0, 0.05) is 29.5 Å². The van der Waals surface area contributed by atoms with Crippen molar-refractivity contribution in [1.29, 1.82) is 5.26 Å². The van der Waals surface area contributed by atoms with E-state index in [2.05, 4.69) is 16.0 Å². The molecule has 0 N–H and O–H groups in total. The van der Waals surface area contributed by atoms with Crippen LogP contribution in [0.15, 0.2) is 48.9 Å². The number of benzene rings is 1. The minimum absolute atomic E-state index is 0.522. The highest BCUT2D eigenvalue weighted by Gasteiger charge is 2.14. The standard InChI is InChI=1S/C16H11N3O/c1-20-16-13(15-12(9-17)3-2-7-19-15)5-4-11-6-8-18-10-14(11)16/h2-8,10H,1H3. The van der Waals surface area contributed by atoms with E-state index in [9.17, 15) is 5.26 Å². The topological polar surface area (TPSA) is 58.8 Å². The van der Waals surface area contributed by atoms with Gasteiger partial charge in [0.05, 0.1) is 18.4 Å². The van der Waals surface area contributed by atoms with E-state index < -0.39 is 0 Å². The van der Waals surface area contributed by atoms with Crippen molar-refractivity contribution in [3.8, 4) is 23.1 Å². The highest BCUT2D eigenvalue weighted by molar-refractivity contribution is 5.94. The number of ether oxygens (including phenoxy) is 1. The largest absolute Gasteiger partial charge is 0.495 e. The fourth-order valence-electron chi connectivity index (χ4n) is 2.25. The molecule has 0 aliphatic rings. The molecule has 0 spiro atoms. The molecule has 0 aliphatic heterocycles. The van der Waals surface area contributed by atoms with Crippen LogP contribution in [0.4, 0.5) is 0 Å². The molecule has 0 atom stereocenters. The molecule has 0 saturated heterocycles. The van der Waals surface area contributed by atoms with E-state index >= 15 is 0 Å². The Kier molecular flexibility index (Phi) is 3.02. The molecule has 0 amide bonds. The normalized spacial score (nSPS) is 10.2. The molecule has 0 bridgehead atoms.